The van der Waals surface area contributed by atoms with Gasteiger partial charge in [-0.05, 0) is 43.2 Å². The maximum atomic E-state index is 11.5. The molecule has 1 heterocycles. The molecule has 0 amide bonds. The number of aryl methyl sites for hydroxylation is 1. The fourth-order valence-corrected chi connectivity index (χ4v) is 2.72. The number of nitrogens with zero attached hydrogens (tertiary/aromatic N) is 2. The molecule has 0 saturated carbocycles. The van der Waals surface area contributed by atoms with Crippen LogP contribution >= 0.6 is 0 Å². The van der Waals surface area contributed by atoms with Gasteiger partial charge in [-0.2, -0.15) is 5.10 Å². The van der Waals surface area contributed by atoms with E-state index in [-0.39, 0.29) is 11.5 Å². The molecular formula is C22H24N4O3. The molecule has 2 N–H and O–H groups in total. The lowest BCUT2D eigenvalue weighted by Crippen LogP contribution is -2.10. The highest BCUT2D eigenvalue weighted by Gasteiger charge is 2.06. The summed E-state index contributed by atoms with van der Waals surface area (Å²) in [6.07, 6.45) is 2.44. The summed E-state index contributed by atoms with van der Waals surface area (Å²) in [7, 11) is 0. The average molecular weight is 392 g/mol. The molecule has 3 rings (SSSR count). The molecule has 0 aliphatic carbocycles. The van der Waals surface area contributed by atoms with Crippen molar-refractivity contribution in [3.63, 3.8) is 0 Å². The van der Waals surface area contributed by atoms with E-state index in [2.05, 4.69) is 32.6 Å². The van der Waals surface area contributed by atoms with Crippen LogP contribution in [0.2, 0.25) is 0 Å². The van der Waals surface area contributed by atoms with Gasteiger partial charge in [0, 0.05) is 18.2 Å². The summed E-state index contributed by atoms with van der Waals surface area (Å²) in [5.41, 5.74) is 5.16. The van der Waals surface area contributed by atoms with Crippen molar-refractivity contribution < 1.29 is 9.47 Å². The van der Waals surface area contributed by atoms with E-state index in [0.29, 0.717) is 30.4 Å². The van der Waals surface area contributed by atoms with Crippen molar-refractivity contribution in [3.8, 4) is 11.5 Å². The average Bonchev–Trinajstić information content (AvgIpc) is 2.70. The van der Waals surface area contributed by atoms with Crippen molar-refractivity contribution in [2.45, 2.75) is 20.3 Å². The lowest BCUT2D eigenvalue weighted by atomic mass is 10.2. The van der Waals surface area contributed by atoms with Gasteiger partial charge in [0.25, 0.3) is 5.56 Å². The number of benzene rings is 2. The van der Waals surface area contributed by atoms with E-state index in [0.717, 1.165) is 12.0 Å². The highest BCUT2D eigenvalue weighted by molar-refractivity contribution is 5.81. The number of aromatic nitrogens is 2. The van der Waals surface area contributed by atoms with Crippen molar-refractivity contribution in [3.05, 3.63) is 81.8 Å². The largest absolute Gasteiger partial charge is 0.490 e. The quantitative estimate of drug-likeness (QED) is 0.429. The minimum Gasteiger partial charge on any atom is -0.490 e. The van der Waals surface area contributed by atoms with Crippen LogP contribution in [0.25, 0.3) is 0 Å². The highest BCUT2D eigenvalue weighted by atomic mass is 16.5. The maximum Gasteiger partial charge on any atom is 0.252 e. The van der Waals surface area contributed by atoms with E-state index in [4.69, 9.17) is 9.47 Å². The van der Waals surface area contributed by atoms with Crippen molar-refractivity contribution in [2.24, 2.45) is 5.10 Å². The second-order valence-corrected chi connectivity index (χ2v) is 6.33. The van der Waals surface area contributed by atoms with E-state index in [1.54, 1.807) is 13.1 Å². The summed E-state index contributed by atoms with van der Waals surface area (Å²) in [5, 5.41) is 4.12. The number of hydrogen-bond donors (Lipinski definition) is 2. The molecular weight excluding hydrogens is 368 g/mol. The summed E-state index contributed by atoms with van der Waals surface area (Å²) in [5.74, 6) is 1.64. The fourth-order valence-electron chi connectivity index (χ4n) is 2.72. The van der Waals surface area contributed by atoms with Crippen LogP contribution in [-0.2, 0) is 6.42 Å². The van der Waals surface area contributed by atoms with Gasteiger partial charge in [-0.3, -0.25) is 9.78 Å². The Kier molecular flexibility index (Phi) is 7.00. The Hall–Kier alpha value is -3.61. The number of nitrogens with one attached hydrogen (secondary N) is 2. The van der Waals surface area contributed by atoms with Crippen molar-refractivity contribution in [2.75, 3.05) is 18.6 Å². The first-order valence-electron chi connectivity index (χ1n) is 9.44. The predicted octanol–water partition coefficient (Wildman–Crippen LogP) is 3.54. The number of H-pyrrole nitrogens is 1. The first-order chi connectivity index (χ1) is 14.1. The van der Waals surface area contributed by atoms with Crippen LogP contribution in [0.15, 0.2) is 64.5 Å². The van der Waals surface area contributed by atoms with Crippen LogP contribution < -0.4 is 20.5 Å². The molecule has 150 valence electrons. The lowest BCUT2D eigenvalue weighted by Gasteiger charge is -2.12. The predicted molar refractivity (Wildman–Crippen MR) is 114 cm³/mol. The van der Waals surface area contributed by atoms with E-state index < -0.39 is 0 Å². The van der Waals surface area contributed by atoms with Crippen LogP contribution in [0.1, 0.15) is 23.7 Å². The third kappa shape index (κ3) is 6.21. The maximum absolute atomic E-state index is 11.5. The molecule has 29 heavy (non-hydrogen) atoms. The normalized spacial score (nSPS) is 10.8. The molecule has 7 nitrogen and oxygen atoms in total. The van der Waals surface area contributed by atoms with Crippen LogP contribution in [0.3, 0.4) is 0 Å². The number of aromatic amines is 1. The highest BCUT2D eigenvalue weighted by Crippen LogP contribution is 2.28. The van der Waals surface area contributed by atoms with Gasteiger partial charge in [0.05, 0.1) is 19.4 Å². The van der Waals surface area contributed by atoms with E-state index in [1.165, 1.54) is 11.6 Å². The molecule has 0 aliphatic rings. The summed E-state index contributed by atoms with van der Waals surface area (Å²) >= 11 is 0. The molecule has 0 saturated heterocycles. The summed E-state index contributed by atoms with van der Waals surface area (Å²) in [4.78, 5) is 18.2. The minimum atomic E-state index is -0.231. The van der Waals surface area contributed by atoms with Crippen molar-refractivity contribution in [1.29, 1.82) is 0 Å². The molecule has 0 spiro atoms. The van der Waals surface area contributed by atoms with E-state index in [9.17, 15) is 4.79 Å². The Morgan fingerprint density at radius 2 is 1.93 bits per heavy atom. The van der Waals surface area contributed by atoms with Gasteiger partial charge in [0.1, 0.15) is 0 Å². The summed E-state index contributed by atoms with van der Waals surface area (Å²) < 4.78 is 11.6. The van der Waals surface area contributed by atoms with Gasteiger partial charge in [-0.15, -0.1) is 0 Å². The smallest absolute Gasteiger partial charge is 0.252 e. The molecule has 0 atom stereocenters. The van der Waals surface area contributed by atoms with Crippen molar-refractivity contribution >= 4 is 12.2 Å². The molecule has 0 fully saturated rings. The topological polar surface area (TPSA) is 88.6 Å². The zero-order chi connectivity index (χ0) is 20.5. The zero-order valence-corrected chi connectivity index (χ0v) is 16.5. The van der Waals surface area contributed by atoms with Gasteiger partial charge in [0.15, 0.2) is 11.5 Å². The number of rotatable bonds is 9. The third-order valence-corrected chi connectivity index (χ3v) is 4.01. The second-order valence-electron chi connectivity index (χ2n) is 6.33. The first-order valence-corrected chi connectivity index (χ1v) is 9.44. The molecule has 0 aliphatic heterocycles. The van der Waals surface area contributed by atoms with E-state index >= 15 is 0 Å². The van der Waals surface area contributed by atoms with Crippen LogP contribution in [0.5, 0.6) is 11.5 Å². The van der Waals surface area contributed by atoms with Gasteiger partial charge in [0.2, 0.25) is 5.95 Å². The Morgan fingerprint density at radius 3 is 2.69 bits per heavy atom. The molecule has 3 aromatic rings. The molecule has 2 aromatic carbocycles. The standard InChI is InChI=1S/C22H24N4O3/c1-3-28-20-14-18(15-23-26-22-24-16(2)13-21(27)25-22)9-10-19(20)29-12-11-17-7-5-4-6-8-17/h4-10,13-15H,3,11-12H2,1-2H3,(H2,24,25,26,27)/b23-15+. The van der Waals surface area contributed by atoms with Gasteiger partial charge >= 0.3 is 0 Å². The van der Waals surface area contributed by atoms with Crippen LogP contribution in [0.4, 0.5) is 5.95 Å². The number of hydrazone groups is 1. The molecule has 0 bridgehead atoms. The molecule has 0 unspecified atom stereocenters. The SMILES string of the molecule is CCOc1cc(/C=N/Nc2nc(C)cc(=O)[nH]2)ccc1OCCc1ccccc1. The second kappa shape index (κ2) is 10.1. The Morgan fingerprint density at radius 1 is 1.10 bits per heavy atom. The minimum absolute atomic E-state index is 0.231. The molecule has 1 aromatic heterocycles. The van der Waals surface area contributed by atoms with Crippen molar-refractivity contribution in [1.82, 2.24) is 9.97 Å². The Bertz CT molecular complexity index is 1020. The Balaban J connectivity index is 1.64. The van der Waals surface area contributed by atoms with E-state index in [1.807, 2.05) is 43.3 Å². The first kappa shape index (κ1) is 20.1. The summed E-state index contributed by atoms with van der Waals surface area (Å²) in [6, 6.07) is 17.2. The fraction of sp³-hybridized carbons (Fsp3) is 0.227. The molecule has 7 heteroatoms. The van der Waals surface area contributed by atoms with Crippen LogP contribution in [-0.4, -0.2) is 29.4 Å². The van der Waals surface area contributed by atoms with Gasteiger partial charge in [-0.25, -0.2) is 10.4 Å². The third-order valence-electron chi connectivity index (χ3n) is 4.01. The lowest BCUT2D eigenvalue weighted by molar-refractivity contribution is 0.279. The number of anilines is 1. The zero-order valence-electron chi connectivity index (χ0n) is 16.5. The Labute approximate surface area is 169 Å². The van der Waals surface area contributed by atoms with Gasteiger partial charge < -0.3 is 9.47 Å². The molecule has 0 radical (unpaired) electrons. The monoisotopic (exact) mass is 392 g/mol. The van der Waals surface area contributed by atoms with Crippen LogP contribution in [0, 0.1) is 6.92 Å². The summed E-state index contributed by atoms with van der Waals surface area (Å²) in [6.45, 7) is 4.76. The van der Waals surface area contributed by atoms with Gasteiger partial charge in [-0.1, -0.05) is 30.3 Å². The number of ether oxygens (including phenoxy) is 2. The number of hydrogen-bond acceptors (Lipinski definition) is 6.